The molecule has 0 saturated carbocycles. The molecule has 0 aromatic heterocycles. The van der Waals surface area contributed by atoms with Gasteiger partial charge in [0, 0.05) is 12.2 Å². The average molecular weight is 363 g/mol. The summed E-state index contributed by atoms with van der Waals surface area (Å²) in [5.41, 5.74) is 0. The molecule has 0 spiro atoms. The van der Waals surface area contributed by atoms with E-state index in [2.05, 4.69) is 19.6 Å². The minimum Gasteiger partial charge on any atom is -0.481 e. The van der Waals surface area contributed by atoms with E-state index in [1.54, 1.807) is 6.92 Å². The van der Waals surface area contributed by atoms with E-state index < -0.39 is 5.97 Å². The highest BCUT2D eigenvalue weighted by Crippen LogP contribution is 2.11. The lowest BCUT2D eigenvalue weighted by Gasteiger charge is -2.04. The molecule has 0 saturated heterocycles. The Kier molecular flexibility index (Phi) is 23.7. The van der Waals surface area contributed by atoms with Crippen LogP contribution in [0.4, 0.5) is 0 Å². The van der Waals surface area contributed by atoms with Gasteiger partial charge in [0.15, 0.2) is 0 Å². The van der Waals surface area contributed by atoms with E-state index in [0.717, 1.165) is 6.42 Å². The van der Waals surface area contributed by atoms with Gasteiger partial charge in [-0.2, -0.15) is 12.6 Å². The number of rotatable bonds is 15. The third kappa shape index (κ3) is 26.2. The molecule has 0 rings (SSSR count). The number of ether oxygens (including phenoxy) is 1. The number of carbonyl (C=O) groups is 2. The van der Waals surface area contributed by atoms with Crippen LogP contribution in [0, 0.1) is 0 Å². The normalized spacial score (nSPS) is 9.96. The van der Waals surface area contributed by atoms with Gasteiger partial charge in [0.25, 0.3) is 0 Å². The molecule has 0 aromatic rings. The van der Waals surface area contributed by atoms with Gasteiger partial charge < -0.3 is 9.84 Å². The molecule has 1 N–H and O–H groups in total. The van der Waals surface area contributed by atoms with Gasteiger partial charge in [-0.25, -0.2) is 0 Å². The maximum absolute atomic E-state index is 11.1. The van der Waals surface area contributed by atoms with Gasteiger partial charge in [-0.15, -0.1) is 0 Å². The molecule has 0 bridgehead atoms. The van der Waals surface area contributed by atoms with Crippen molar-refractivity contribution in [2.45, 2.75) is 97.3 Å². The Hall–Kier alpha value is -0.710. The van der Waals surface area contributed by atoms with Crippen molar-refractivity contribution in [3.63, 3.8) is 0 Å². The zero-order valence-corrected chi connectivity index (χ0v) is 16.6. The second-order valence-electron chi connectivity index (χ2n) is 5.98. The Balaban J connectivity index is 0. The molecule has 0 aromatic carbocycles. The number of carboxylic acid groups (broad SMARTS) is 1. The van der Waals surface area contributed by atoms with Gasteiger partial charge in [-0.05, 0) is 6.42 Å². The van der Waals surface area contributed by atoms with Crippen LogP contribution in [0.15, 0.2) is 0 Å². The summed E-state index contributed by atoms with van der Waals surface area (Å²) in [6, 6.07) is 0. The monoisotopic (exact) mass is 362 g/mol. The maximum Gasteiger partial charge on any atom is 0.306 e. The molecule has 0 heterocycles. The van der Waals surface area contributed by atoms with Crippen LogP contribution in [0.2, 0.25) is 0 Å². The minimum atomic E-state index is -0.745. The van der Waals surface area contributed by atoms with E-state index in [1.807, 2.05) is 0 Å². The summed E-state index contributed by atoms with van der Waals surface area (Å²) < 4.78 is 5.08. The van der Waals surface area contributed by atoms with Crippen molar-refractivity contribution in [3.8, 4) is 0 Å². The van der Waals surface area contributed by atoms with Gasteiger partial charge in [-0.1, -0.05) is 78.1 Å². The number of carboxylic acids is 1. The molecule has 0 aliphatic rings. The minimum absolute atomic E-state index is 0.109. The van der Waals surface area contributed by atoms with E-state index in [-0.39, 0.29) is 12.4 Å². The first-order valence-electron chi connectivity index (χ1n) is 9.56. The van der Waals surface area contributed by atoms with Crippen LogP contribution in [0.1, 0.15) is 97.3 Å². The fourth-order valence-electron chi connectivity index (χ4n) is 2.12. The Morgan fingerprint density at radius 3 is 1.62 bits per heavy atom. The molecule has 5 heteroatoms. The predicted octanol–water partition coefficient (Wildman–Crippen LogP) is 5.64. The van der Waals surface area contributed by atoms with Crippen molar-refractivity contribution in [2.75, 3.05) is 12.4 Å². The second kappa shape index (κ2) is 22.3. The van der Waals surface area contributed by atoms with Crippen molar-refractivity contribution in [1.82, 2.24) is 0 Å². The molecule has 0 amide bonds. The summed E-state index contributed by atoms with van der Waals surface area (Å²) in [6.45, 7) is 4.45. The molecule has 0 unspecified atom stereocenters. The summed E-state index contributed by atoms with van der Waals surface area (Å²) in [6.07, 6.45) is 15.2. The number of unbranched alkanes of at least 4 members (excludes halogenated alkanes) is 10. The second-order valence-corrected chi connectivity index (χ2v) is 6.42. The molecule has 4 nitrogen and oxygen atoms in total. The zero-order chi connectivity index (χ0) is 18.5. The summed E-state index contributed by atoms with van der Waals surface area (Å²) in [7, 11) is 0. The van der Waals surface area contributed by atoms with Crippen molar-refractivity contribution < 1.29 is 19.4 Å². The first kappa shape index (κ1) is 25.5. The molecule has 0 aliphatic heterocycles. The van der Waals surface area contributed by atoms with Crippen LogP contribution < -0.4 is 0 Å². The number of carbonyl (C=O) groups excluding carboxylic acids is 1. The summed E-state index contributed by atoms with van der Waals surface area (Å²) >= 11 is 4.00. The van der Waals surface area contributed by atoms with E-state index in [1.165, 1.54) is 64.2 Å². The standard InChI is InChI=1S/C16H32O2S.C3H6O2/c1-2-3-4-5-6-7-8-9-10-11-12-14-18-16(17)13-15-19;1-2-3(4)5/h19H,2-15H2,1H3;2H2,1H3,(H,4,5). The van der Waals surface area contributed by atoms with Crippen LogP contribution in [-0.4, -0.2) is 29.4 Å². The van der Waals surface area contributed by atoms with Crippen molar-refractivity contribution in [1.29, 1.82) is 0 Å². The van der Waals surface area contributed by atoms with Crippen LogP contribution in [0.25, 0.3) is 0 Å². The highest BCUT2D eigenvalue weighted by Gasteiger charge is 1.99. The molecule has 24 heavy (non-hydrogen) atoms. The third-order valence-corrected chi connectivity index (χ3v) is 3.85. The Morgan fingerprint density at radius 1 is 0.833 bits per heavy atom. The number of hydrogen-bond acceptors (Lipinski definition) is 4. The quantitative estimate of drug-likeness (QED) is 0.225. The smallest absolute Gasteiger partial charge is 0.306 e. The Morgan fingerprint density at radius 2 is 1.25 bits per heavy atom. The molecule has 0 radical (unpaired) electrons. The zero-order valence-electron chi connectivity index (χ0n) is 15.7. The van der Waals surface area contributed by atoms with Crippen LogP contribution >= 0.6 is 12.6 Å². The largest absolute Gasteiger partial charge is 0.481 e. The topological polar surface area (TPSA) is 63.6 Å². The first-order chi connectivity index (χ1) is 11.6. The average Bonchev–Trinajstić information content (AvgIpc) is 2.56. The summed E-state index contributed by atoms with van der Waals surface area (Å²) in [4.78, 5) is 20.4. The first-order valence-corrected chi connectivity index (χ1v) is 10.2. The lowest BCUT2D eigenvalue weighted by molar-refractivity contribution is -0.143. The maximum atomic E-state index is 11.1. The highest BCUT2D eigenvalue weighted by molar-refractivity contribution is 7.80. The molecule has 0 aliphatic carbocycles. The van der Waals surface area contributed by atoms with Gasteiger partial charge >= 0.3 is 11.9 Å². The van der Waals surface area contributed by atoms with Crippen LogP contribution in [-0.2, 0) is 14.3 Å². The van der Waals surface area contributed by atoms with Crippen LogP contribution in [0.5, 0.6) is 0 Å². The van der Waals surface area contributed by atoms with Crippen molar-refractivity contribution in [3.05, 3.63) is 0 Å². The number of esters is 1. The van der Waals surface area contributed by atoms with Gasteiger partial charge in [0.2, 0.25) is 0 Å². The predicted molar refractivity (Wildman–Crippen MR) is 104 cm³/mol. The summed E-state index contributed by atoms with van der Waals surface area (Å²) in [5, 5.41) is 7.72. The molecular formula is C19H38O4S. The number of hydrogen-bond donors (Lipinski definition) is 2. The highest BCUT2D eigenvalue weighted by atomic mass is 32.1. The lowest BCUT2D eigenvalue weighted by Crippen LogP contribution is -2.06. The molecule has 144 valence electrons. The molecule has 0 fully saturated rings. The SMILES string of the molecule is CCC(=O)O.CCCCCCCCCCCCCOC(=O)CCS. The third-order valence-electron chi connectivity index (χ3n) is 3.63. The van der Waals surface area contributed by atoms with E-state index >= 15 is 0 Å². The lowest BCUT2D eigenvalue weighted by atomic mass is 10.1. The Bertz CT molecular complexity index is 283. The fraction of sp³-hybridized carbons (Fsp3) is 0.895. The summed E-state index contributed by atoms with van der Waals surface area (Å²) in [5.74, 6) is -0.274. The molecular weight excluding hydrogens is 324 g/mol. The van der Waals surface area contributed by atoms with Gasteiger partial charge in [-0.3, -0.25) is 9.59 Å². The van der Waals surface area contributed by atoms with E-state index in [4.69, 9.17) is 9.84 Å². The Labute approximate surface area is 154 Å². The van der Waals surface area contributed by atoms with Gasteiger partial charge in [0.05, 0.1) is 13.0 Å². The number of thiol groups is 1. The van der Waals surface area contributed by atoms with E-state index in [0.29, 0.717) is 18.8 Å². The van der Waals surface area contributed by atoms with E-state index in [9.17, 15) is 9.59 Å². The number of aliphatic carboxylic acids is 1. The van der Waals surface area contributed by atoms with Crippen molar-refractivity contribution in [2.24, 2.45) is 0 Å². The van der Waals surface area contributed by atoms with Crippen LogP contribution in [0.3, 0.4) is 0 Å². The molecule has 0 atom stereocenters. The fourth-order valence-corrected chi connectivity index (χ4v) is 2.30. The van der Waals surface area contributed by atoms with Gasteiger partial charge in [0.1, 0.15) is 0 Å². The van der Waals surface area contributed by atoms with Crippen molar-refractivity contribution >= 4 is 24.6 Å².